The van der Waals surface area contributed by atoms with Crippen LogP contribution in [0.2, 0.25) is 0 Å². The summed E-state index contributed by atoms with van der Waals surface area (Å²) in [6.45, 7) is 4.70. The molecule has 7 heteroatoms. The fraction of sp³-hybridized carbons (Fsp3) is 0.667. The molecule has 0 spiro atoms. The monoisotopic (exact) mass is 308 g/mol. The molecule has 7 nitrogen and oxygen atoms in total. The van der Waals surface area contributed by atoms with E-state index < -0.39 is 0 Å². The van der Waals surface area contributed by atoms with E-state index in [1.807, 2.05) is 17.8 Å². The molecule has 1 saturated heterocycles. The predicted octanol–water partition coefficient (Wildman–Crippen LogP) is 0.833. The van der Waals surface area contributed by atoms with Crippen molar-refractivity contribution < 1.29 is 14.3 Å². The Bertz CT molecular complexity index is 509. The van der Waals surface area contributed by atoms with E-state index in [-0.39, 0.29) is 18.3 Å². The van der Waals surface area contributed by atoms with Crippen LogP contribution in [0.4, 0.5) is 0 Å². The third-order valence-electron chi connectivity index (χ3n) is 3.95. The summed E-state index contributed by atoms with van der Waals surface area (Å²) in [6.07, 6.45) is 4.25. The van der Waals surface area contributed by atoms with E-state index in [1.54, 1.807) is 11.0 Å². The number of amides is 1. The summed E-state index contributed by atoms with van der Waals surface area (Å²) in [4.78, 5) is 25.3. The molecule has 1 fully saturated rings. The van der Waals surface area contributed by atoms with E-state index in [0.29, 0.717) is 24.8 Å². The molecular formula is C15H24N4O3. The third kappa shape index (κ3) is 4.07. The first kappa shape index (κ1) is 16.5. The van der Waals surface area contributed by atoms with Crippen molar-refractivity contribution in [2.45, 2.75) is 32.2 Å². The molecule has 2 rings (SSSR count). The van der Waals surface area contributed by atoms with Crippen LogP contribution in [-0.4, -0.2) is 59.8 Å². The molecule has 0 aromatic carbocycles. The minimum Gasteiger partial charge on any atom is -0.469 e. The van der Waals surface area contributed by atoms with Gasteiger partial charge in [-0.05, 0) is 32.4 Å². The third-order valence-corrected chi connectivity index (χ3v) is 3.95. The van der Waals surface area contributed by atoms with Gasteiger partial charge in [-0.25, -0.2) is 0 Å². The van der Waals surface area contributed by atoms with Crippen LogP contribution in [0.5, 0.6) is 0 Å². The lowest BCUT2D eigenvalue weighted by Crippen LogP contribution is -2.34. The first-order valence-electron chi connectivity index (χ1n) is 7.77. The highest BCUT2D eigenvalue weighted by atomic mass is 16.5. The molecule has 1 aromatic heterocycles. The number of carbonyl (C=O) groups excluding carboxylic acids is 2. The average Bonchev–Trinajstić information content (AvgIpc) is 3.05. The molecule has 1 unspecified atom stereocenters. The Kier molecular flexibility index (Phi) is 5.94. The Balaban J connectivity index is 1.98. The van der Waals surface area contributed by atoms with Crippen molar-refractivity contribution in [3.05, 3.63) is 18.0 Å². The molecule has 1 atom stereocenters. The van der Waals surface area contributed by atoms with Gasteiger partial charge in [0.2, 0.25) is 0 Å². The smallest absolute Gasteiger partial charge is 0.307 e. The lowest BCUT2D eigenvalue weighted by Gasteiger charge is -2.23. The molecule has 1 aliphatic rings. The molecule has 0 bridgehead atoms. The van der Waals surface area contributed by atoms with Gasteiger partial charge in [-0.2, -0.15) is 5.10 Å². The van der Waals surface area contributed by atoms with Gasteiger partial charge in [0.15, 0.2) is 0 Å². The zero-order chi connectivity index (χ0) is 15.9. The van der Waals surface area contributed by atoms with Gasteiger partial charge in [0.05, 0.1) is 19.6 Å². The molecule has 122 valence electrons. The van der Waals surface area contributed by atoms with Crippen molar-refractivity contribution >= 4 is 11.9 Å². The predicted molar refractivity (Wildman–Crippen MR) is 81.6 cm³/mol. The number of aromatic nitrogens is 2. The molecule has 0 saturated carbocycles. The summed E-state index contributed by atoms with van der Waals surface area (Å²) in [5, 5.41) is 7.76. The van der Waals surface area contributed by atoms with E-state index in [9.17, 15) is 9.59 Å². The van der Waals surface area contributed by atoms with Crippen LogP contribution < -0.4 is 5.32 Å². The quantitative estimate of drug-likeness (QED) is 0.788. The van der Waals surface area contributed by atoms with E-state index in [2.05, 4.69) is 15.2 Å². The molecule has 1 aromatic rings. The van der Waals surface area contributed by atoms with Crippen molar-refractivity contribution in [3.63, 3.8) is 0 Å². The lowest BCUT2D eigenvalue weighted by molar-refractivity contribution is -0.140. The minimum atomic E-state index is -0.315. The molecule has 0 radical (unpaired) electrons. The summed E-state index contributed by atoms with van der Waals surface area (Å²) < 4.78 is 6.48. The van der Waals surface area contributed by atoms with Gasteiger partial charge in [-0.3, -0.25) is 14.3 Å². The first-order chi connectivity index (χ1) is 10.7. The number of hydrogen-bond acceptors (Lipinski definition) is 5. The highest BCUT2D eigenvalue weighted by Gasteiger charge is 2.21. The number of nitrogens with one attached hydrogen (secondary N) is 1. The molecule has 1 aliphatic heterocycles. The van der Waals surface area contributed by atoms with Gasteiger partial charge < -0.3 is 15.0 Å². The standard InChI is InChI=1S/C15H24N4O3/c1-3-18(9-7-14(20)22-2)15(21)13-6-10-19(17-13)12-5-4-8-16-11-12/h6,10,12,16H,3-5,7-9,11H2,1-2H3. The van der Waals surface area contributed by atoms with Crippen LogP contribution in [0.15, 0.2) is 12.3 Å². The van der Waals surface area contributed by atoms with E-state index in [1.165, 1.54) is 7.11 Å². The normalized spacial score (nSPS) is 18.0. The van der Waals surface area contributed by atoms with Crippen molar-refractivity contribution in [1.82, 2.24) is 20.0 Å². The molecule has 1 N–H and O–H groups in total. The van der Waals surface area contributed by atoms with Gasteiger partial charge in [0.1, 0.15) is 5.69 Å². The highest BCUT2D eigenvalue weighted by Crippen LogP contribution is 2.16. The number of rotatable bonds is 6. The number of hydrogen-bond donors (Lipinski definition) is 1. The zero-order valence-electron chi connectivity index (χ0n) is 13.2. The van der Waals surface area contributed by atoms with Crippen LogP contribution in [0, 0.1) is 0 Å². The number of carbonyl (C=O) groups is 2. The SMILES string of the molecule is CCN(CCC(=O)OC)C(=O)c1ccn(C2CCCNC2)n1. The number of nitrogens with zero attached hydrogens (tertiary/aromatic N) is 3. The number of methoxy groups -OCH3 is 1. The summed E-state index contributed by atoms with van der Waals surface area (Å²) in [5.74, 6) is -0.459. The lowest BCUT2D eigenvalue weighted by atomic mass is 10.1. The molecule has 22 heavy (non-hydrogen) atoms. The Morgan fingerprint density at radius 2 is 2.36 bits per heavy atom. The Morgan fingerprint density at radius 3 is 3.00 bits per heavy atom. The summed E-state index contributed by atoms with van der Waals surface area (Å²) in [5.41, 5.74) is 0.428. The van der Waals surface area contributed by atoms with Crippen LogP contribution in [0.25, 0.3) is 0 Å². The topological polar surface area (TPSA) is 76.5 Å². The van der Waals surface area contributed by atoms with Crippen LogP contribution in [-0.2, 0) is 9.53 Å². The number of piperidine rings is 1. The summed E-state index contributed by atoms with van der Waals surface area (Å²) >= 11 is 0. The molecular weight excluding hydrogens is 284 g/mol. The van der Waals surface area contributed by atoms with Gasteiger partial charge in [-0.1, -0.05) is 0 Å². The molecule has 1 amide bonds. The van der Waals surface area contributed by atoms with Crippen molar-refractivity contribution in [2.75, 3.05) is 33.3 Å². The van der Waals surface area contributed by atoms with Crippen LogP contribution >= 0.6 is 0 Å². The van der Waals surface area contributed by atoms with Gasteiger partial charge in [0.25, 0.3) is 5.91 Å². The second-order valence-corrected chi connectivity index (χ2v) is 5.39. The summed E-state index contributed by atoms with van der Waals surface area (Å²) in [7, 11) is 1.35. The second kappa shape index (κ2) is 7.93. The molecule has 2 heterocycles. The number of ether oxygens (including phenoxy) is 1. The van der Waals surface area contributed by atoms with Gasteiger partial charge in [-0.15, -0.1) is 0 Å². The Labute approximate surface area is 130 Å². The van der Waals surface area contributed by atoms with Gasteiger partial charge >= 0.3 is 5.97 Å². The highest BCUT2D eigenvalue weighted by molar-refractivity contribution is 5.92. The second-order valence-electron chi connectivity index (χ2n) is 5.39. The number of esters is 1. The van der Waals surface area contributed by atoms with Gasteiger partial charge in [0, 0.05) is 25.8 Å². The fourth-order valence-corrected chi connectivity index (χ4v) is 2.61. The van der Waals surface area contributed by atoms with Crippen molar-refractivity contribution in [1.29, 1.82) is 0 Å². The first-order valence-corrected chi connectivity index (χ1v) is 7.77. The maximum atomic E-state index is 12.5. The largest absolute Gasteiger partial charge is 0.469 e. The Morgan fingerprint density at radius 1 is 1.55 bits per heavy atom. The maximum absolute atomic E-state index is 12.5. The fourth-order valence-electron chi connectivity index (χ4n) is 2.61. The maximum Gasteiger partial charge on any atom is 0.307 e. The van der Waals surface area contributed by atoms with E-state index >= 15 is 0 Å². The average molecular weight is 308 g/mol. The molecule has 0 aliphatic carbocycles. The van der Waals surface area contributed by atoms with E-state index in [4.69, 9.17) is 0 Å². The van der Waals surface area contributed by atoms with Crippen LogP contribution in [0.1, 0.15) is 42.7 Å². The van der Waals surface area contributed by atoms with Crippen molar-refractivity contribution in [3.8, 4) is 0 Å². The van der Waals surface area contributed by atoms with Crippen LogP contribution in [0.3, 0.4) is 0 Å². The minimum absolute atomic E-state index is 0.145. The summed E-state index contributed by atoms with van der Waals surface area (Å²) in [6, 6.07) is 2.05. The zero-order valence-corrected chi connectivity index (χ0v) is 13.2. The van der Waals surface area contributed by atoms with Crippen molar-refractivity contribution in [2.24, 2.45) is 0 Å². The Hall–Kier alpha value is -1.89. The van der Waals surface area contributed by atoms with E-state index in [0.717, 1.165) is 25.9 Å².